The monoisotopic (exact) mass is 261 g/mol. The summed E-state index contributed by atoms with van der Waals surface area (Å²) in [5.74, 6) is 0.946. The molecule has 0 unspecified atom stereocenters. The molecule has 0 fully saturated rings. The Bertz CT molecular complexity index is 566. The van der Waals surface area contributed by atoms with Gasteiger partial charge in [0.2, 0.25) is 5.89 Å². The van der Waals surface area contributed by atoms with Crippen LogP contribution in [0.3, 0.4) is 0 Å². The second-order valence-electron chi connectivity index (χ2n) is 4.07. The fourth-order valence-corrected chi connectivity index (χ4v) is 1.73. The molecular formula is C13H15N3O3. The van der Waals surface area contributed by atoms with E-state index in [2.05, 4.69) is 17.2 Å². The van der Waals surface area contributed by atoms with E-state index in [-0.39, 0.29) is 5.69 Å². The fraction of sp³-hybridized carbons (Fsp3) is 0.308. The predicted molar refractivity (Wildman–Crippen MR) is 70.6 cm³/mol. The molecule has 0 atom stereocenters. The van der Waals surface area contributed by atoms with Crippen molar-refractivity contribution < 1.29 is 9.34 Å². The van der Waals surface area contributed by atoms with E-state index in [0.29, 0.717) is 23.8 Å². The van der Waals surface area contributed by atoms with Crippen molar-refractivity contribution in [1.29, 1.82) is 0 Å². The number of hydrogen-bond acceptors (Lipinski definition) is 5. The van der Waals surface area contributed by atoms with Crippen LogP contribution in [0.1, 0.15) is 19.2 Å². The number of benzene rings is 1. The highest BCUT2D eigenvalue weighted by atomic mass is 16.6. The number of oxazole rings is 1. The lowest BCUT2D eigenvalue weighted by Crippen LogP contribution is -2.13. The van der Waals surface area contributed by atoms with Gasteiger partial charge in [-0.25, -0.2) is 4.98 Å². The van der Waals surface area contributed by atoms with E-state index in [1.807, 2.05) is 0 Å². The molecule has 0 radical (unpaired) electrons. The Morgan fingerprint density at radius 1 is 1.42 bits per heavy atom. The highest BCUT2D eigenvalue weighted by Gasteiger charge is 2.17. The SMILES string of the molecule is CCCNCc1ncc(-c2ccccc2[N+](=O)[O-])o1. The molecule has 0 saturated carbocycles. The number of rotatable bonds is 6. The molecular weight excluding hydrogens is 246 g/mol. The van der Waals surface area contributed by atoms with Crippen LogP contribution in [-0.2, 0) is 6.54 Å². The summed E-state index contributed by atoms with van der Waals surface area (Å²) in [5.41, 5.74) is 0.466. The smallest absolute Gasteiger partial charge is 0.280 e. The molecule has 0 bridgehead atoms. The van der Waals surface area contributed by atoms with Gasteiger partial charge in [-0.2, -0.15) is 0 Å². The molecule has 1 heterocycles. The van der Waals surface area contributed by atoms with Crippen molar-refractivity contribution in [3.63, 3.8) is 0 Å². The maximum Gasteiger partial charge on any atom is 0.280 e. The van der Waals surface area contributed by atoms with Gasteiger partial charge in [0.25, 0.3) is 5.69 Å². The van der Waals surface area contributed by atoms with E-state index in [9.17, 15) is 10.1 Å². The maximum absolute atomic E-state index is 10.9. The largest absolute Gasteiger partial charge is 0.439 e. The van der Waals surface area contributed by atoms with Crippen molar-refractivity contribution in [1.82, 2.24) is 10.3 Å². The van der Waals surface area contributed by atoms with Gasteiger partial charge >= 0.3 is 0 Å². The molecule has 0 spiro atoms. The number of aromatic nitrogens is 1. The Hall–Kier alpha value is -2.21. The van der Waals surface area contributed by atoms with Gasteiger partial charge < -0.3 is 9.73 Å². The maximum atomic E-state index is 10.9. The summed E-state index contributed by atoms with van der Waals surface area (Å²) in [6.07, 6.45) is 2.54. The number of nitro benzene ring substituents is 1. The molecule has 0 amide bonds. The van der Waals surface area contributed by atoms with Crippen LogP contribution in [0, 0.1) is 10.1 Å². The van der Waals surface area contributed by atoms with Gasteiger partial charge in [0.05, 0.1) is 23.2 Å². The lowest BCUT2D eigenvalue weighted by Gasteiger charge is -1.99. The zero-order valence-corrected chi connectivity index (χ0v) is 10.6. The van der Waals surface area contributed by atoms with E-state index < -0.39 is 4.92 Å². The molecule has 2 aromatic rings. The summed E-state index contributed by atoms with van der Waals surface area (Å²) in [7, 11) is 0. The molecule has 1 N–H and O–H groups in total. The van der Waals surface area contributed by atoms with Gasteiger partial charge in [0, 0.05) is 6.07 Å². The zero-order chi connectivity index (χ0) is 13.7. The summed E-state index contributed by atoms with van der Waals surface area (Å²) in [5, 5.41) is 14.1. The van der Waals surface area contributed by atoms with E-state index in [1.165, 1.54) is 12.3 Å². The molecule has 0 aliphatic carbocycles. The number of nitrogens with zero attached hydrogens (tertiary/aromatic N) is 2. The lowest BCUT2D eigenvalue weighted by atomic mass is 10.1. The molecule has 100 valence electrons. The second kappa shape index (κ2) is 6.10. The first-order valence-electron chi connectivity index (χ1n) is 6.11. The predicted octanol–water partition coefficient (Wildman–Crippen LogP) is 2.75. The Kier molecular flexibility index (Phi) is 4.25. The molecule has 1 aromatic heterocycles. The van der Waals surface area contributed by atoms with Crippen LogP contribution in [0.2, 0.25) is 0 Å². The molecule has 19 heavy (non-hydrogen) atoms. The van der Waals surface area contributed by atoms with Gasteiger partial charge in [0.1, 0.15) is 0 Å². The minimum Gasteiger partial charge on any atom is -0.439 e. The highest BCUT2D eigenvalue weighted by molar-refractivity contribution is 5.68. The molecule has 2 rings (SSSR count). The number of para-hydroxylation sites is 1. The van der Waals surface area contributed by atoms with Gasteiger partial charge in [-0.3, -0.25) is 10.1 Å². The van der Waals surface area contributed by atoms with E-state index in [4.69, 9.17) is 4.42 Å². The van der Waals surface area contributed by atoms with Crippen molar-refractivity contribution in [2.75, 3.05) is 6.54 Å². The van der Waals surface area contributed by atoms with E-state index >= 15 is 0 Å². The average molecular weight is 261 g/mol. The standard InChI is InChI=1S/C13H15N3O3/c1-2-7-14-9-13-15-8-12(19-13)10-5-3-4-6-11(10)16(17)18/h3-6,8,14H,2,7,9H2,1H3. The van der Waals surface area contributed by atoms with Crippen molar-refractivity contribution in [2.45, 2.75) is 19.9 Å². The molecule has 0 saturated heterocycles. The zero-order valence-electron chi connectivity index (χ0n) is 10.6. The van der Waals surface area contributed by atoms with Crippen molar-refractivity contribution >= 4 is 5.69 Å². The van der Waals surface area contributed by atoms with Crippen LogP contribution in [0.25, 0.3) is 11.3 Å². The minimum atomic E-state index is -0.424. The third kappa shape index (κ3) is 3.17. The molecule has 6 nitrogen and oxygen atoms in total. The van der Waals surface area contributed by atoms with E-state index in [0.717, 1.165) is 13.0 Å². The van der Waals surface area contributed by atoms with Crippen LogP contribution in [0.15, 0.2) is 34.9 Å². The quantitative estimate of drug-likeness (QED) is 0.491. The lowest BCUT2D eigenvalue weighted by molar-refractivity contribution is -0.384. The van der Waals surface area contributed by atoms with Crippen molar-refractivity contribution in [3.8, 4) is 11.3 Å². The Labute approximate surface area is 110 Å². The minimum absolute atomic E-state index is 0.0201. The molecule has 1 aromatic carbocycles. The third-order valence-corrected chi connectivity index (χ3v) is 2.62. The number of nitro groups is 1. The molecule has 0 aliphatic rings. The highest BCUT2D eigenvalue weighted by Crippen LogP contribution is 2.29. The summed E-state index contributed by atoms with van der Waals surface area (Å²) >= 11 is 0. The normalized spacial score (nSPS) is 10.6. The molecule has 0 aliphatic heterocycles. The van der Waals surface area contributed by atoms with Crippen LogP contribution in [0.4, 0.5) is 5.69 Å². The van der Waals surface area contributed by atoms with Gasteiger partial charge in [-0.05, 0) is 19.0 Å². The first kappa shape index (κ1) is 13.2. The number of hydrogen-bond donors (Lipinski definition) is 1. The van der Waals surface area contributed by atoms with Crippen LogP contribution >= 0.6 is 0 Å². The summed E-state index contributed by atoms with van der Waals surface area (Å²) < 4.78 is 5.53. The van der Waals surface area contributed by atoms with E-state index in [1.54, 1.807) is 18.2 Å². The number of nitrogens with one attached hydrogen (secondary N) is 1. The Morgan fingerprint density at radius 3 is 2.95 bits per heavy atom. The van der Waals surface area contributed by atoms with Crippen LogP contribution in [0.5, 0.6) is 0 Å². The summed E-state index contributed by atoms with van der Waals surface area (Å²) in [6, 6.07) is 6.47. The average Bonchev–Trinajstić information content (AvgIpc) is 2.88. The topological polar surface area (TPSA) is 81.2 Å². The summed E-state index contributed by atoms with van der Waals surface area (Å²) in [6.45, 7) is 3.47. The van der Waals surface area contributed by atoms with Crippen molar-refractivity contribution in [2.24, 2.45) is 0 Å². The first-order chi connectivity index (χ1) is 9.22. The van der Waals surface area contributed by atoms with Crippen molar-refractivity contribution in [3.05, 3.63) is 46.5 Å². The van der Waals surface area contributed by atoms with Gasteiger partial charge in [-0.15, -0.1) is 0 Å². The van der Waals surface area contributed by atoms with Gasteiger partial charge in [-0.1, -0.05) is 19.1 Å². The summed E-state index contributed by atoms with van der Waals surface area (Å²) in [4.78, 5) is 14.6. The van der Waals surface area contributed by atoms with Crippen LogP contribution in [-0.4, -0.2) is 16.5 Å². The third-order valence-electron chi connectivity index (χ3n) is 2.62. The van der Waals surface area contributed by atoms with Crippen LogP contribution < -0.4 is 5.32 Å². The fourth-order valence-electron chi connectivity index (χ4n) is 1.73. The molecule has 6 heteroatoms. The Morgan fingerprint density at radius 2 is 2.21 bits per heavy atom. The second-order valence-corrected chi connectivity index (χ2v) is 4.07. The Balaban J connectivity index is 2.21. The first-order valence-corrected chi connectivity index (χ1v) is 6.11. The van der Waals surface area contributed by atoms with Gasteiger partial charge in [0.15, 0.2) is 5.76 Å².